The van der Waals surface area contributed by atoms with E-state index in [4.69, 9.17) is 15.7 Å². The van der Waals surface area contributed by atoms with Gasteiger partial charge in [-0.2, -0.15) is 0 Å². The Bertz CT molecular complexity index is 2860. The van der Waals surface area contributed by atoms with Gasteiger partial charge in [-0.25, -0.2) is 4.99 Å². The summed E-state index contributed by atoms with van der Waals surface area (Å²) in [5, 5.41) is 6.46. The lowest BCUT2D eigenvalue weighted by Crippen LogP contribution is -2.16. The molecule has 0 aliphatic heterocycles. The third-order valence-corrected chi connectivity index (χ3v) is 10.6. The summed E-state index contributed by atoms with van der Waals surface area (Å²) in [5.74, 6) is 1.05. The van der Waals surface area contributed by atoms with Crippen LogP contribution in [0, 0.1) is 0 Å². The summed E-state index contributed by atoms with van der Waals surface area (Å²) in [6, 6.07) is 57.3. The van der Waals surface area contributed by atoms with Crippen molar-refractivity contribution in [2.24, 2.45) is 15.7 Å². The Kier molecular flexibility index (Phi) is 8.78. The number of benzene rings is 7. The predicted octanol–water partition coefficient (Wildman–Crippen LogP) is 11.7. The highest BCUT2D eigenvalue weighted by Gasteiger charge is 2.19. The summed E-state index contributed by atoms with van der Waals surface area (Å²) in [6.45, 7) is 2.73. The minimum absolute atomic E-state index is 0.442. The molecule has 7 aromatic carbocycles. The number of hydrogen-bond donors (Lipinski definition) is 1. The number of aryl methyl sites for hydroxylation is 1. The second-order valence-corrected chi connectivity index (χ2v) is 13.7. The van der Waals surface area contributed by atoms with Crippen LogP contribution in [0.2, 0.25) is 0 Å². The van der Waals surface area contributed by atoms with Gasteiger partial charge in [0.25, 0.3) is 0 Å². The number of allylic oxidation sites excluding steroid dienone is 1. The Labute approximate surface area is 315 Å². The van der Waals surface area contributed by atoms with Gasteiger partial charge < -0.3 is 10.1 Å². The molecule has 0 saturated heterocycles. The van der Waals surface area contributed by atoms with Crippen molar-refractivity contribution in [3.8, 4) is 11.1 Å². The highest BCUT2D eigenvalue weighted by molar-refractivity contribution is 6.16. The second-order valence-electron chi connectivity index (χ2n) is 13.7. The zero-order valence-electron chi connectivity index (χ0n) is 30.3. The van der Waals surface area contributed by atoms with E-state index < -0.39 is 0 Å². The van der Waals surface area contributed by atoms with Crippen LogP contribution in [-0.4, -0.2) is 16.1 Å². The van der Waals surface area contributed by atoms with Crippen LogP contribution in [0.15, 0.2) is 180 Å². The molecule has 0 atom stereocenters. The maximum atomic E-state index is 6.50. The van der Waals surface area contributed by atoms with Crippen molar-refractivity contribution < 1.29 is 0 Å². The zero-order chi connectivity index (χ0) is 36.4. The van der Waals surface area contributed by atoms with Crippen molar-refractivity contribution in [2.75, 3.05) is 0 Å². The topological polar surface area (TPSA) is 55.1 Å². The van der Waals surface area contributed by atoms with E-state index in [9.17, 15) is 0 Å². The summed E-state index contributed by atoms with van der Waals surface area (Å²) in [5.41, 5.74) is 18.4. The monoisotopic (exact) mass is 696 g/mol. The fourth-order valence-electron chi connectivity index (χ4n) is 8.05. The highest BCUT2D eigenvalue weighted by atomic mass is 15.0. The van der Waals surface area contributed by atoms with Gasteiger partial charge in [-0.05, 0) is 51.9 Å². The van der Waals surface area contributed by atoms with E-state index in [0.717, 1.165) is 35.1 Å². The SMILES string of the molecule is CCc1c(/C=C\Cc2ccc(-c3ccccc3C/N=C(\N=C(/N)c3ccccc3)c3ccccc3)c3ccccc23)c2cccc3c4ccccc4n1c23. The summed E-state index contributed by atoms with van der Waals surface area (Å²) in [4.78, 5) is 9.91. The van der Waals surface area contributed by atoms with Gasteiger partial charge in [-0.1, -0.05) is 177 Å². The van der Waals surface area contributed by atoms with Crippen LogP contribution in [0.5, 0.6) is 0 Å². The predicted molar refractivity (Wildman–Crippen MR) is 229 cm³/mol. The summed E-state index contributed by atoms with van der Waals surface area (Å²) >= 11 is 0. The van der Waals surface area contributed by atoms with Gasteiger partial charge in [0.05, 0.1) is 17.6 Å². The summed E-state index contributed by atoms with van der Waals surface area (Å²) in [6.07, 6.45) is 6.49. The standard InChI is InChI=1S/C50H40N4/c1-2-46-42(44-28-16-29-45-43-26-13-14-30-47(43)54(46)48(44)45)27-15-22-34-31-32-41(40-25-12-11-23-38(34)40)39-24-10-9-21-37(39)33-52-50(36-19-7-4-8-20-36)53-49(51)35-17-5-3-6-18-35/h3-21,23-32H,2,22,33H2,1H3,(H2,51,52,53)/b27-15-. The molecule has 0 fully saturated rings. The molecule has 9 rings (SSSR count). The maximum absolute atomic E-state index is 6.50. The maximum Gasteiger partial charge on any atom is 0.157 e. The van der Waals surface area contributed by atoms with Crippen molar-refractivity contribution in [3.05, 3.63) is 203 Å². The van der Waals surface area contributed by atoms with Gasteiger partial charge in [0.2, 0.25) is 0 Å². The Balaban J connectivity index is 1.06. The summed E-state index contributed by atoms with van der Waals surface area (Å²) in [7, 11) is 0. The average molecular weight is 697 g/mol. The van der Waals surface area contributed by atoms with Crippen LogP contribution >= 0.6 is 0 Å². The van der Waals surface area contributed by atoms with Gasteiger partial charge in [0, 0.05) is 38.5 Å². The van der Waals surface area contributed by atoms with Crippen molar-refractivity contribution in [2.45, 2.75) is 26.3 Å². The Hall–Kier alpha value is -6.78. The number of nitrogens with two attached hydrogens (primary N) is 1. The molecule has 0 aliphatic rings. The number of aliphatic imine (C=N–C) groups is 2. The molecule has 4 nitrogen and oxygen atoms in total. The lowest BCUT2D eigenvalue weighted by atomic mass is 9.91. The first-order chi connectivity index (χ1) is 26.7. The van der Waals surface area contributed by atoms with E-state index in [1.165, 1.54) is 60.3 Å². The molecular weight excluding hydrogens is 657 g/mol. The third kappa shape index (κ3) is 5.92. The van der Waals surface area contributed by atoms with E-state index in [1.807, 2.05) is 60.7 Å². The lowest BCUT2D eigenvalue weighted by molar-refractivity contribution is 1.02. The number of rotatable bonds is 9. The largest absolute Gasteiger partial charge is 0.383 e. The Morgan fingerprint density at radius 2 is 1.22 bits per heavy atom. The lowest BCUT2D eigenvalue weighted by Gasteiger charge is -2.14. The van der Waals surface area contributed by atoms with Crippen molar-refractivity contribution in [1.29, 1.82) is 0 Å². The van der Waals surface area contributed by atoms with Crippen LogP contribution in [0.3, 0.4) is 0 Å². The molecular formula is C50H40N4. The number of aromatic nitrogens is 1. The number of fused-ring (bicyclic) bond motifs is 4. The average Bonchev–Trinajstić information content (AvgIpc) is 3.74. The first-order valence-electron chi connectivity index (χ1n) is 18.7. The first-order valence-corrected chi connectivity index (χ1v) is 18.7. The quantitative estimate of drug-likeness (QED) is 0.119. The normalized spacial score (nSPS) is 12.6. The van der Waals surface area contributed by atoms with Crippen molar-refractivity contribution >= 4 is 55.7 Å². The van der Waals surface area contributed by atoms with E-state index in [0.29, 0.717) is 18.2 Å². The molecule has 0 aliphatic carbocycles. The molecule has 9 aromatic rings. The molecule has 260 valence electrons. The van der Waals surface area contributed by atoms with Crippen LogP contribution in [0.25, 0.3) is 55.2 Å². The molecule has 2 aromatic heterocycles. The highest BCUT2D eigenvalue weighted by Crippen LogP contribution is 2.39. The Morgan fingerprint density at radius 3 is 2.02 bits per heavy atom. The minimum atomic E-state index is 0.442. The van der Waals surface area contributed by atoms with E-state index in [2.05, 4.69) is 127 Å². The minimum Gasteiger partial charge on any atom is -0.383 e. The van der Waals surface area contributed by atoms with Crippen LogP contribution in [0.1, 0.15) is 40.4 Å². The van der Waals surface area contributed by atoms with Gasteiger partial charge in [-0.3, -0.25) is 4.99 Å². The van der Waals surface area contributed by atoms with Crippen molar-refractivity contribution in [3.63, 3.8) is 0 Å². The number of nitrogens with zero attached hydrogens (tertiary/aromatic N) is 3. The van der Waals surface area contributed by atoms with Crippen LogP contribution < -0.4 is 5.73 Å². The van der Waals surface area contributed by atoms with Crippen LogP contribution in [0.4, 0.5) is 0 Å². The number of para-hydroxylation sites is 2. The van der Waals surface area contributed by atoms with Crippen LogP contribution in [-0.2, 0) is 19.4 Å². The molecule has 2 N–H and O–H groups in total. The Morgan fingerprint density at radius 1 is 0.574 bits per heavy atom. The van der Waals surface area contributed by atoms with Gasteiger partial charge in [0.15, 0.2) is 5.84 Å². The number of amidine groups is 2. The molecule has 0 bridgehead atoms. The molecule has 0 radical (unpaired) electrons. The zero-order valence-corrected chi connectivity index (χ0v) is 30.3. The molecule has 0 saturated carbocycles. The smallest absolute Gasteiger partial charge is 0.157 e. The van der Waals surface area contributed by atoms with Gasteiger partial charge >= 0.3 is 0 Å². The van der Waals surface area contributed by atoms with E-state index >= 15 is 0 Å². The van der Waals surface area contributed by atoms with E-state index in [-0.39, 0.29) is 0 Å². The van der Waals surface area contributed by atoms with Gasteiger partial charge in [0.1, 0.15) is 5.84 Å². The second kappa shape index (κ2) is 14.3. The summed E-state index contributed by atoms with van der Waals surface area (Å²) < 4.78 is 2.48. The number of hydrogen-bond acceptors (Lipinski definition) is 1. The third-order valence-electron chi connectivity index (χ3n) is 10.6. The molecule has 54 heavy (non-hydrogen) atoms. The fraction of sp³-hybridized carbons (Fsp3) is 0.0800. The molecule has 4 heteroatoms. The molecule has 2 heterocycles. The molecule has 0 unspecified atom stereocenters. The van der Waals surface area contributed by atoms with E-state index in [1.54, 1.807) is 0 Å². The van der Waals surface area contributed by atoms with Crippen molar-refractivity contribution in [1.82, 2.24) is 4.40 Å². The molecule has 0 amide bonds. The molecule has 0 spiro atoms. The fourth-order valence-corrected chi connectivity index (χ4v) is 8.05. The first kappa shape index (κ1) is 33.1. The van der Waals surface area contributed by atoms with Gasteiger partial charge in [-0.15, -0.1) is 0 Å².